The molecule has 2 amide bonds. The van der Waals surface area contributed by atoms with Gasteiger partial charge in [0.2, 0.25) is 0 Å². The number of hydrogen-bond donors (Lipinski definition) is 3. The van der Waals surface area contributed by atoms with Gasteiger partial charge in [0.05, 0.1) is 23.5 Å². The summed E-state index contributed by atoms with van der Waals surface area (Å²) in [5, 5.41) is 24.0. The monoisotopic (exact) mass is 585 g/mol. The Hall–Kier alpha value is -3.89. The van der Waals surface area contributed by atoms with Crippen LogP contribution in [0.5, 0.6) is 0 Å². The van der Waals surface area contributed by atoms with Crippen LogP contribution in [0.2, 0.25) is 0 Å². The molecule has 43 heavy (non-hydrogen) atoms. The fraction of sp³-hybridized carbons (Fsp3) is 0.485. The van der Waals surface area contributed by atoms with E-state index in [1.54, 1.807) is 11.0 Å². The Kier molecular flexibility index (Phi) is 7.34. The van der Waals surface area contributed by atoms with Crippen molar-refractivity contribution in [1.82, 2.24) is 9.88 Å². The molecule has 0 bridgehead atoms. The van der Waals surface area contributed by atoms with E-state index in [9.17, 15) is 19.8 Å². The van der Waals surface area contributed by atoms with Crippen molar-refractivity contribution in [1.29, 1.82) is 0 Å². The maximum Gasteiger partial charge on any atom is 0.277 e. The van der Waals surface area contributed by atoms with E-state index in [0.29, 0.717) is 48.9 Å². The summed E-state index contributed by atoms with van der Waals surface area (Å²) in [7, 11) is 0. The number of carbonyl (C=O) groups is 2. The maximum atomic E-state index is 13.9. The summed E-state index contributed by atoms with van der Waals surface area (Å²) in [6, 6.07) is 11.8. The smallest absolute Gasteiger partial charge is 0.277 e. The predicted octanol–water partition coefficient (Wildman–Crippen LogP) is 3.71. The summed E-state index contributed by atoms with van der Waals surface area (Å²) >= 11 is 0. The largest absolute Gasteiger partial charge is 0.448 e. The number of para-hydroxylation sites is 1. The molecule has 1 aromatic heterocycles. The molecule has 3 atom stereocenters. The van der Waals surface area contributed by atoms with Crippen LogP contribution < -0.4 is 15.1 Å². The Morgan fingerprint density at radius 2 is 1.72 bits per heavy atom. The van der Waals surface area contributed by atoms with Crippen LogP contribution in [0.4, 0.5) is 17.1 Å². The number of anilines is 3. The lowest BCUT2D eigenvalue weighted by atomic mass is 9.86. The lowest BCUT2D eigenvalue weighted by Gasteiger charge is -2.42. The third kappa shape index (κ3) is 5.38. The van der Waals surface area contributed by atoms with Crippen LogP contribution >= 0.6 is 0 Å². The lowest BCUT2D eigenvalue weighted by Crippen LogP contribution is -2.55. The summed E-state index contributed by atoms with van der Waals surface area (Å²) in [6.45, 7) is 5.80. The Balaban J connectivity index is 1.18. The van der Waals surface area contributed by atoms with Crippen molar-refractivity contribution in [3.8, 4) is 0 Å². The van der Waals surface area contributed by atoms with Crippen molar-refractivity contribution in [3.05, 3.63) is 70.9 Å². The van der Waals surface area contributed by atoms with Crippen LogP contribution in [0.3, 0.4) is 0 Å². The number of benzene rings is 2. The van der Waals surface area contributed by atoms with Gasteiger partial charge in [0.1, 0.15) is 12.4 Å². The Bertz CT molecular complexity index is 1530. The number of carbonyl (C=O) groups excluding carboxylic acids is 2. The molecule has 2 aromatic carbocycles. The van der Waals surface area contributed by atoms with Gasteiger partial charge in [-0.15, -0.1) is 0 Å². The van der Waals surface area contributed by atoms with Gasteiger partial charge in [-0.25, -0.2) is 4.98 Å². The van der Waals surface area contributed by atoms with Gasteiger partial charge in [-0.05, 0) is 74.8 Å². The summed E-state index contributed by atoms with van der Waals surface area (Å²) < 4.78 is 5.57. The first-order chi connectivity index (χ1) is 20.9. The van der Waals surface area contributed by atoms with E-state index in [1.807, 2.05) is 6.07 Å². The second-order valence-electron chi connectivity index (χ2n) is 12.4. The number of aryl methyl sites for hydroxylation is 1. The molecule has 7 rings (SSSR count). The molecular formula is C33H39N5O5. The highest BCUT2D eigenvalue weighted by Crippen LogP contribution is 2.40. The van der Waals surface area contributed by atoms with Crippen molar-refractivity contribution in [2.24, 2.45) is 0 Å². The highest BCUT2D eigenvalue weighted by molar-refractivity contribution is 6.06. The van der Waals surface area contributed by atoms with Crippen LogP contribution in [0.15, 0.2) is 47.1 Å². The standard InChI is InChI=1S/C33H39N5O5/c1-20-5-2-3-6-26(20)36-13-15-37(16-14-36)28-17-22-11-12-38(27-7-4-8-29(39)30(27)40)33(42)23(22)18-24(28)34-31(41)25-19-43-32(35-25)21-9-10-21/h2-3,5-6,17-19,21,27,29-30,39-40H,4,7-16H2,1H3,(H,34,41)/t27-,29-,30+/m0/s1. The number of piperazine rings is 1. The zero-order chi connectivity index (χ0) is 29.7. The molecular weight excluding hydrogens is 546 g/mol. The minimum atomic E-state index is -0.963. The van der Waals surface area contributed by atoms with Gasteiger partial charge in [0, 0.05) is 49.9 Å². The van der Waals surface area contributed by atoms with Crippen molar-refractivity contribution in [2.75, 3.05) is 47.8 Å². The molecule has 3 N–H and O–H groups in total. The first-order valence-electron chi connectivity index (χ1n) is 15.5. The van der Waals surface area contributed by atoms with E-state index in [1.165, 1.54) is 17.5 Å². The van der Waals surface area contributed by atoms with Gasteiger partial charge in [0.25, 0.3) is 11.8 Å². The summed E-state index contributed by atoms with van der Waals surface area (Å²) in [4.78, 5) is 38.1. The fourth-order valence-corrected chi connectivity index (χ4v) is 6.89. The molecule has 0 spiro atoms. The quantitative estimate of drug-likeness (QED) is 0.400. The summed E-state index contributed by atoms with van der Waals surface area (Å²) in [5.74, 6) is 0.342. The minimum Gasteiger partial charge on any atom is -0.448 e. The minimum absolute atomic E-state index is 0.178. The number of aromatic nitrogens is 1. The van der Waals surface area contributed by atoms with Crippen LogP contribution in [0, 0.1) is 6.92 Å². The molecule has 226 valence electrons. The number of nitrogens with one attached hydrogen (secondary N) is 1. The molecule has 2 aliphatic carbocycles. The van der Waals surface area contributed by atoms with E-state index < -0.39 is 18.2 Å². The topological polar surface area (TPSA) is 122 Å². The fourth-order valence-electron chi connectivity index (χ4n) is 6.89. The lowest BCUT2D eigenvalue weighted by molar-refractivity contribution is -0.0578. The van der Waals surface area contributed by atoms with E-state index in [0.717, 1.165) is 56.7 Å². The van der Waals surface area contributed by atoms with Gasteiger partial charge in [-0.3, -0.25) is 9.59 Å². The number of rotatable bonds is 6. The number of oxazole rings is 1. The van der Waals surface area contributed by atoms with Crippen molar-refractivity contribution >= 4 is 28.9 Å². The highest BCUT2D eigenvalue weighted by atomic mass is 16.3. The number of aliphatic hydroxyl groups excluding tert-OH is 2. The zero-order valence-corrected chi connectivity index (χ0v) is 24.5. The number of aliphatic hydroxyl groups is 2. The molecule has 10 nitrogen and oxygen atoms in total. The second kappa shape index (κ2) is 11.3. The van der Waals surface area contributed by atoms with Gasteiger partial charge in [-0.2, -0.15) is 0 Å². The van der Waals surface area contributed by atoms with Gasteiger partial charge in [-0.1, -0.05) is 18.2 Å². The molecule has 10 heteroatoms. The van der Waals surface area contributed by atoms with E-state index in [2.05, 4.69) is 51.3 Å². The number of fused-ring (bicyclic) bond motifs is 1. The van der Waals surface area contributed by atoms with Gasteiger partial charge < -0.3 is 34.6 Å². The van der Waals surface area contributed by atoms with Crippen LogP contribution in [0.1, 0.15) is 75.9 Å². The molecule has 3 heterocycles. The zero-order valence-electron chi connectivity index (χ0n) is 24.5. The Labute approximate surface area is 251 Å². The van der Waals surface area contributed by atoms with Gasteiger partial charge in [0.15, 0.2) is 11.6 Å². The molecule has 2 aliphatic heterocycles. The highest BCUT2D eigenvalue weighted by Gasteiger charge is 2.39. The molecule has 0 radical (unpaired) electrons. The van der Waals surface area contributed by atoms with E-state index in [4.69, 9.17) is 4.42 Å². The summed E-state index contributed by atoms with van der Waals surface area (Å²) in [6.07, 6.45) is 4.26. The number of nitrogens with zero attached hydrogens (tertiary/aromatic N) is 4. The molecule has 4 aliphatic rings. The average Bonchev–Trinajstić information content (AvgIpc) is 3.75. The van der Waals surface area contributed by atoms with Crippen LogP contribution in [-0.4, -0.2) is 82.9 Å². The maximum absolute atomic E-state index is 13.9. The first-order valence-corrected chi connectivity index (χ1v) is 15.5. The first kappa shape index (κ1) is 27.9. The molecule has 2 saturated carbocycles. The normalized spacial score (nSPS) is 24.2. The molecule has 0 unspecified atom stereocenters. The number of hydrogen-bond acceptors (Lipinski definition) is 8. The van der Waals surface area contributed by atoms with Crippen molar-refractivity contribution in [2.45, 2.75) is 69.6 Å². The third-order valence-electron chi connectivity index (χ3n) is 9.53. The Morgan fingerprint density at radius 3 is 2.47 bits per heavy atom. The SMILES string of the molecule is Cc1ccccc1N1CCN(c2cc3c(cc2NC(=O)c2coc(C4CC4)n2)C(=O)N([C@H]2CCC[C@H](O)[C@@H]2O)CC3)CC1. The Morgan fingerprint density at radius 1 is 0.977 bits per heavy atom. The van der Waals surface area contributed by atoms with E-state index in [-0.39, 0.29) is 17.5 Å². The molecule has 3 aromatic rings. The third-order valence-corrected chi connectivity index (χ3v) is 9.53. The van der Waals surface area contributed by atoms with E-state index >= 15 is 0 Å². The van der Waals surface area contributed by atoms with Crippen molar-refractivity contribution < 1.29 is 24.2 Å². The summed E-state index contributed by atoms with van der Waals surface area (Å²) in [5.41, 5.74) is 5.60. The average molecular weight is 586 g/mol. The second-order valence-corrected chi connectivity index (χ2v) is 12.4. The predicted molar refractivity (Wildman–Crippen MR) is 163 cm³/mol. The molecule has 1 saturated heterocycles. The van der Waals surface area contributed by atoms with Crippen molar-refractivity contribution in [3.63, 3.8) is 0 Å². The molecule has 3 fully saturated rings. The van der Waals surface area contributed by atoms with Crippen LogP contribution in [0.25, 0.3) is 0 Å². The van der Waals surface area contributed by atoms with Crippen LogP contribution in [-0.2, 0) is 6.42 Å². The number of amides is 2. The van der Waals surface area contributed by atoms with Gasteiger partial charge >= 0.3 is 0 Å².